The number of pyridine rings is 1. The van der Waals surface area contributed by atoms with E-state index < -0.39 is 0 Å². The highest BCUT2D eigenvalue weighted by atomic mass is 14.7. The van der Waals surface area contributed by atoms with Crippen molar-refractivity contribution in [3.8, 4) is 0 Å². The van der Waals surface area contributed by atoms with Crippen LogP contribution in [0.3, 0.4) is 0 Å². The Kier molecular flexibility index (Phi) is 3.53. The van der Waals surface area contributed by atoms with E-state index in [1.807, 2.05) is 0 Å². The summed E-state index contributed by atoms with van der Waals surface area (Å²) < 4.78 is 0. The summed E-state index contributed by atoms with van der Waals surface area (Å²) in [5.74, 6) is 0.794. The van der Waals surface area contributed by atoms with Gasteiger partial charge < -0.3 is 0 Å². The van der Waals surface area contributed by atoms with Gasteiger partial charge in [0.05, 0.1) is 0 Å². The molecule has 0 radical (unpaired) electrons. The third-order valence-electron chi connectivity index (χ3n) is 4.04. The molecule has 0 aliphatic heterocycles. The second kappa shape index (κ2) is 4.68. The van der Waals surface area contributed by atoms with Gasteiger partial charge in [-0.2, -0.15) is 0 Å². The maximum Gasteiger partial charge on any atom is 0.0439 e. The van der Waals surface area contributed by atoms with Crippen LogP contribution in [0.4, 0.5) is 0 Å². The van der Waals surface area contributed by atoms with Crippen LogP contribution in [0.1, 0.15) is 81.5 Å². The zero-order valence-corrected chi connectivity index (χ0v) is 12.9. The van der Waals surface area contributed by atoms with Gasteiger partial charge in [0.25, 0.3) is 0 Å². The number of nitrogens with zero attached hydrogens (tertiary/aromatic N) is 1. The van der Waals surface area contributed by atoms with E-state index in [0.29, 0.717) is 0 Å². The molecule has 1 fully saturated rings. The van der Waals surface area contributed by atoms with Gasteiger partial charge in [-0.1, -0.05) is 34.6 Å². The monoisotopic (exact) mass is 245 g/mol. The Labute approximate surface area is 112 Å². The molecule has 1 heteroatoms. The van der Waals surface area contributed by atoms with Crippen LogP contribution in [0.2, 0.25) is 0 Å². The fourth-order valence-electron chi connectivity index (χ4n) is 3.22. The van der Waals surface area contributed by atoms with Gasteiger partial charge in [-0.05, 0) is 60.6 Å². The van der Waals surface area contributed by atoms with Crippen molar-refractivity contribution in [1.82, 2.24) is 4.98 Å². The summed E-state index contributed by atoms with van der Waals surface area (Å²) in [5.41, 5.74) is 7.56. The van der Waals surface area contributed by atoms with Crippen molar-refractivity contribution in [2.75, 3.05) is 0 Å². The summed E-state index contributed by atoms with van der Waals surface area (Å²) in [6.07, 6.45) is 4.89. The van der Waals surface area contributed by atoms with Crippen molar-refractivity contribution in [3.63, 3.8) is 0 Å². The van der Waals surface area contributed by atoms with Gasteiger partial charge in [0, 0.05) is 11.4 Å². The molecule has 0 amide bonds. The van der Waals surface area contributed by atoms with Crippen molar-refractivity contribution in [1.29, 1.82) is 0 Å². The number of hydrogen-bond acceptors (Lipinski definition) is 1. The number of aromatic nitrogens is 1. The summed E-state index contributed by atoms with van der Waals surface area (Å²) >= 11 is 0. The lowest BCUT2D eigenvalue weighted by atomic mass is 9.77. The minimum atomic E-state index is 0.237. The van der Waals surface area contributed by atoms with Crippen LogP contribution in [0.5, 0.6) is 0 Å². The normalized spacial score (nSPS) is 16.1. The molecule has 2 rings (SSSR count). The number of hydrogen-bond donors (Lipinski definition) is 0. The molecule has 1 saturated carbocycles. The zero-order valence-electron chi connectivity index (χ0n) is 12.9. The Morgan fingerprint density at radius 1 is 1.11 bits per heavy atom. The molecule has 0 saturated heterocycles. The second-order valence-corrected chi connectivity index (χ2v) is 6.64. The van der Waals surface area contributed by atoms with Crippen LogP contribution in [0.15, 0.2) is 0 Å². The second-order valence-electron chi connectivity index (χ2n) is 6.64. The highest BCUT2D eigenvalue weighted by Gasteiger charge is 2.34. The molecule has 1 aliphatic carbocycles. The average molecular weight is 245 g/mol. The van der Waals surface area contributed by atoms with Crippen LogP contribution in [-0.4, -0.2) is 4.98 Å². The van der Waals surface area contributed by atoms with Gasteiger partial charge in [0.15, 0.2) is 0 Å². The molecule has 18 heavy (non-hydrogen) atoms. The molecule has 1 aromatic rings. The Bertz CT molecular complexity index is 448. The maximum absolute atomic E-state index is 4.90. The Balaban J connectivity index is 2.73. The molecular weight excluding hydrogens is 218 g/mol. The Hall–Kier alpha value is -0.850. The van der Waals surface area contributed by atoms with Gasteiger partial charge in [-0.25, -0.2) is 0 Å². The van der Waals surface area contributed by atoms with Gasteiger partial charge >= 0.3 is 0 Å². The summed E-state index contributed by atoms with van der Waals surface area (Å²) in [7, 11) is 0. The molecule has 1 heterocycles. The molecule has 1 aliphatic rings. The molecule has 0 bridgehead atoms. The molecule has 0 atom stereocenters. The van der Waals surface area contributed by atoms with Gasteiger partial charge in [-0.3, -0.25) is 4.98 Å². The van der Waals surface area contributed by atoms with Crippen molar-refractivity contribution in [2.45, 2.75) is 78.6 Å². The van der Waals surface area contributed by atoms with Crippen LogP contribution < -0.4 is 0 Å². The van der Waals surface area contributed by atoms with E-state index in [1.54, 1.807) is 11.1 Å². The molecule has 0 N–H and O–H groups in total. The van der Waals surface area contributed by atoms with Crippen LogP contribution in [0, 0.1) is 6.92 Å². The van der Waals surface area contributed by atoms with E-state index in [9.17, 15) is 0 Å². The SMILES string of the molecule is CCc1nc(C)c(C2CC2)c(C(C)(C)C)c1CC. The first-order chi connectivity index (χ1) is 8.40. The van der Waals surface area contributed by atoms with Crippen molar-refractivity contribution < 1.29 is 0 Å². The first-order valence-electron chi connectivity index (χ1n) is 7.42. The first kappa shape index (κ1) is 13.6. The van der Waals surface area contributed by atoms with E-state index in [2.05, 4.69) is 41.5 Å². The summed E-state index contributed by atoms with van der Waals surface area (Å²) in [6.45, 7) is 13.8. The van der Waals surface area contributed by atoms with Crippen molar-refractivity contribution in [3.05, 3.63) is 28.1 Å². The third kappa shape index (κ3) is 2.32. The minimum Gasteiger partial charge on any atom is -0.258 e. The third-order valence-corrected chi connectivity index (χ3v) is 4.04. The Morgan fingerprint density at radius 3 is 2.11 bits per heavy atom. The average Bonchev–Trinajstić information content (AvgIpc) is 3.10. The summed E-state index contributed by atoms with van der Waals surface area (Å²) in [6, 6.07) is 0. The van der Waals surface area contributed by atoms with Gasteiger partial charge in [-0.15, -0.1) is 0 Å². The van der Waals surface area contributed by atoms with Gasteiger partial charge in [0.1, 0.15) is 0 Å². The predicted molar refractivity (Wildman–Crippen MR) is 78.4 cm³/mol. The predicted octanol–water partition coefficient (Wildman–Crippen LogP) is 4.69. The molecule has 100 valence electrons. The fraction of sp³-hybridized carbons (Fsp3) is 0.706. The van der Waals surface area contributed by atoms with E-state index in [0.717, 1.165) is 18.8 Å². The lowest BCUT2D eigenvalue weighted by Gasteiger charge is -2.29. The van der Waals surface area contributed by atoms with Crippen molar-refractivity contribution >= 4 is 0 Å². The van der Waals surface area contributed by atoms with E-state index in [-0.39, 0.29) is 5.41 Å². The molecule has 1 nitrogen and oxygen atoms in total. The summed E-state index contributed by atoms with van der Waals surface area (Å²) in [5, 5.41) is 0. The minimum absolute atomic E-state index is 0.237. The standard InChI is InChI=1S/C17H27N/c1-7-13-14(8-2)18-11(3)15(12-9-10-12)16(13)17(4,5)6/h12H,7-10H2,1-6H3. The Morgan fingerprint density at radius 2 is 1.72 bits per heavy atom. The van der Waals surface area contributed by atoms with Crippen molar-refractivity contribution in [2.24, 2.45) is 0 Å². The number of rotatable bonds is 3. The molecular formula is C17H27N. The summed E-state index contributed by atoms with van der Waals surface area (Å²) in [4.78, 5) is 4.90. The largest absolute Gasteiger partial charge is 0.258 e. The lowest BCUT2D eigenvalue weighted by Crippen LogP contribution is -2.20. The zero-order chi connectivity index (χ0) is 13.5. The van der Waals surface area contributed by atoms with E-state index in [4.69, 9.17) is 4.98 Å². The van der Waals surface area contributed by atoms with Crippen LogP contribution in [-0.2, 0) is 18.3 Å². The first-order valence-corrected chi connectivity index (χ1v) is 7.42. The number of aryl methyl sites for hydroxylation is 2. The molecule has 0 spiro atoms. The van der Waals surface area contributed by atoms with Crippen LogP contribution >= 0.6 is 0 Å². The molecule has 1 aromatic heterocycles. The highest BCUT2D eigenvalue weighted by molar-refractivity contribution is 5.47. The molecule has 0 unspecified atom stereocenters. The lowest BCUT2D eigenvalue weighted by molar-refractivity contribution is 0.569. The maximum atomic E-state index is 4.90. The highest BCUT2D eigenvalue weighted by Crippen LogP contribution is 2.47. The topological polar surface area (TPSA) is 12.9 Å². The van der Waals surface area contributed by atoms with Gasteiger partial charge in [0.2, 0.25) is 0 Å². The quantitative estimate of drug-likeness (QED) is 0.753. The smallest absolute Gasteiger partial charge is 0.0439 e. The molecule has 0 aromatic carbocycles. The van der Waals surface area contributed by atoms with E-state index >= 15 is 0 Å². The fourth-order valence-corrected chi connectivity index (χ4v) is 3.22. The van der Waals surface area contributed by atoms with Crippen LogP contribution in [0.25, 0.3) is 0 Å². The van der Waals surface area contributed by atoms with E-state index in [1.165, 1.54) is 29.8 Å².